The Labute approximate surface area is 214 Å². The quantitative estimate of drug-likeness (QED) is 0.669. The Kier molecular flexibility index (Phi) is 8.29. The van der Waals surface area contributed by atoms with Crippen molar-refractivity contribution in [1.29, 1.82) is 0 Å². The van der Waals surface area contributed by atoms with Gasteiger partial charge in [0.25, 0.3) is 0 Å². The minimum absolute atomic E-state index is 0.0336. The number of piperidine rings is 1. The van der Waals surface area contributed by atoms with Gasteiger partial charge in [0.05, 0.1) is 18.6 Å². The number of carbonyl (C=O) groups is 3. The standard InChI is InChI=1S/C29H39N3O4/c1-19(2)27(30-26(33)16-22-9-10-23-7-5-6-8-25(23)15-22)29(35)31-13-11-24(12-14-31)28(34)32-17-20(3)36-21(4)18-32/h5-10,15,19-21,24,27H,11-14,16-18H2,1-4H3,(H,30,33). The maximum absolute atomic E-state index is 13.4. The molecular formula is C29H39N3O4. The minimum Gasteiger partial charge on any atom is -0.372 e. The molecular weight excluding hydrogens is 454 g/mol. The lowest BCUT2D eigenvalue weighted by atomic mass is 9.93. The van der Waals surface area contributed by atoms with Gasteiger partial charge in [0.2, 0.25) is 17.7 Å². The van der Waals surface area contributed by atoms with E-state index in [4.69, 9.17) is 4.74 Å². The molecule has 7 nitrogen and oxygen atoms in total. The molecule has 0 aromatic heterocycles. The molecule has 0 radical (unpaired) electrons. The Morgan fingerprint density at radius 3 is 2.22 bits per heavy atom. The van der Waals surface area contributed by atoms with E-state index in [0.717, 1.165) is 16.3 Å². The first-order chi connectivity index (χ1) is 17.2. The number of ether oxygens (including phenoxy) is 1. The fourth-order valence-electron chi connectivity index (χ4n) is 5.43. The SMILES string of the molecule is CC1CN(C(=O)C2CCN(C(=O)C(NC(=O)Cc3ccc4ccccc4c3)C(C)C)CC2)CC(C)O1. The van der Waals surface area contributed by atoms with Crippen molar-refractivity contribution in [1.82, 2.24) is 15.1 Å². The van der Waals surface area contributed by atoms with Crippen LogP contribution < -0.4 is 5.32 Å². The third kappa shape index (κ3) is 6.25. The molecule has 0 bridgehead atoms. The van der Waals surface area contributed by atoms with Gasteiger partial charge in [0.15, 0.2) is 0 Å². The predicted molar refractivity (Wildman–Crippen MR) is 140 cm³/mol. The normalized spacial score (nSPS) is 22.0. The molecule has 2 heterocycles. The highest BCUT2D eigenvalue weighted by Crippen LogP contribution is 2.23. The number of hydrogen-bond donors (Lipinski definition) is 1. The second kappa shape index (κ2) is 11.4. The summed E-state index contributed by atoms with van der Waals surface area (Å²) in [7, 11) is 0. The number of nitrogens with zero attached hydrogens (tertiary/aromatic N) is 2. The van der Waals surface area contributed by atoms with Gasteiger partial charge >= 0.3 is 0 Å². The van der Waals surface area contributed by atoms with Gasteiger partial charge in [-0.1, -0.05) is 56.3 Å². The molecule has 2 aromatic carbocycles. The maximum Gasteiger partial charge on any atom is 0.245 e. The van der Waals surface area contributed by atoms with Gasteiger partial charge in [-0.3, -0.25) is 14.4 Å². The van der Waals surface area contributed by atoms with Crippen molar-refractivity contribution in [2.75, 3.05) is 26.2 Å². The summed E-state index contributed by atoms with van der Waals surface area (Å²) >= 11 is 0. The van der Waals surface area contributed by atoms with E-state index in [2.05, 4.69) is 5.32 Å². The number of amides is 3. The molecule has 2 saturated heterocycles. The van der Waals surface area contributed by atoms with Gasteiger partial charge in [-0.25, -0.2) is 0 Å². The van der Waals surface area contributed by atoms with E-state index in [1.165, 1.54) is 0 Å². The van der Waals surface area contributed by atoms with Gasteiger partial charge in [-0.15, -0.1) is 0 Å². The average molecular weight is 494 g/mol. The van der Waals surface area contributed by atoms with Crippen molar-refractivity contribution < 1.29 is 19.1 Å². The number of nitrogens with one attached hydrogen (secondary N) is 1. The van der Waals surface area contributed by atoms with Gasteiger partial charge in [-0.05, 0) is 48.9 Å². The number of benzene rings is 2. The summed E-state index contributed by atoms with van der Waals surface area (Å²) in [5.74, 6) is -0.136. The van der Waals surface area contributed by atoms with Crippen molar-refractivity contribution in [3.8, 4) is 0 Å². The number of likely N-dealkylation sites (tertiary alicyclic amines) is 1. The summed E-state index contributed by atoms with van der Waals surface area (Å²) in [6, 6.07) is 13.5. The molecule has 0 spiro atoms. The molecule has 1 N–H and O–H groups in total. The van der Waals surface area contributed by atoms with Crippen molar-refractivity contribution in [2.24, 2.45) is 11.8 Å². The van der Waals surface area contributed by atoms with Crippen LogP contribution in [0.5, 0.6) is 0 Å². The number of carbonyl (C=O) groups excluding carboxylic acids is 3. The summed E-state index contributed by atoms with van der Waals surface area (Å²) < 4.78 is 5.76. The third-order valence-electron chi connectivity index (χ3n) is 7.31. The second-order valence-electron chi connectivity index (χ2n) is 10.7. The fraction of sp³-hybridized carbons (Fsp3) is 0.552. The van der Waals surface area contributed by atoms with Gasteiger partial charge in [0, 0.05) is 32.1 Å². The Hall–Kier alpha value is -2.93. The summed E-state index contributed by atoms with van der Waals surface area (Å²) in [6.07, 6.45) is 1.63. The molecule has 3 atom stereocenters. The first-order valence-electron chi connectivity index (χ1n) is 13.2. The zero-order valence-corrected chi connectivity index (χ0v) is 21.9. The van der Waals surface area contributed by atoms with Crippen molar-refractivity contribution in [2.45, 2.75) is 65.2 Å². The highest BCUT2D eigenvalue weighted by atomic mass is 16.5. The van der Waals surface area contributed by atoms with E-state index in [1.54, 1.807) is 0 Å². The summed E-state index contributed by atoms with van der Waals surface area (Å²) in [6.45, 7) is 10.2. The molecule has 3 amide bonds. The van der Waals surface area contributed by atoms with Crippen LogP contribution in [0.1, 0.15) is 46.1 Å². The molecule has 7 heteroatoms. The number of morpholine rings is 1. The van der Waals surface area contributed by atoms with Gasteiger partial charge in [0.1, 0.15) is 6.04 Å². The van der Waals surface area contributed by atoms with E-state index in [0.29, 0.717) is 39.0 Å². The Balaban J connectivity index is 1.32. The zero-order chi connectivity index (χ0) is 25.8. The first kappa shape index (κ1) is 26.1. The molecule has 4 rings (SSSR count). The van der Waals surface area contributed by atoms with Crippen LogP contribution >= 0.6 is 0 Å². The molecule has 2 fully saturated rings. The van der Waals surface area contributed by atoms with E-state index < -0.39 is 6.04 Å². The predicted octanol–water partition coefficient (Wildman–Crippen LogP) is 3.40. The van der Waals surface area contributed by atoms with E-state index in [-0.39, 0.29) is 48.2 Å². The molecule has 0 aliphatic carbocycles. The van der Waals surface area contributed by atoms with E-state index >= 15 is 0 Å². The minimum atomic E-state index is -0.578. The molecule has 2 aliphatic heterocycles. The topological polar surface area (TPSA) is 79.0 Å². The fourth-order valence-corrected chi connectivity index (χ4v) is 5.43. The van der Waals surface area contributed by atoms with Crippen LogP contribution in [0.2, 0.25) is 0 Å². The lowest BCUT2D eigenvalue weighted by Gasteiger charge is -2.40. The zero-order valence-electron chi connectivity index (χ0n) is 21.9. The number of hydrogen-bond acceptors (Lipinski definition) is 4. The average Bonchev–Trinajstić information content (AvgIpc) is 2.85. The van der Waals surface area contributed by atoms with Crippen LogP contribution in [0, 0.1) is 11.8 Å². The molecule has 194 valence electrons. The van der Waals surface area contributed by atoms with Crippen LogP contribution in [-0.4, -0.2) is 72.0 Å². The first-order valence-corrected chi connectivity index (χ1v) is 13.2. The van der Waals surface area contributed by atoms with Crippen molar-refractivity contribution in [3.63, 3.8) is 0 Å². The third-order valence-corrected chi connectivity index (χ3v) is 7.31. The lowest BCUT2D eigenvalue weighted by molar-refractivity contribution is -0.150. The van der Waals surface area contributed by atoms with Crippen LogP contribution in [0.4, 0.5) is 0 Å². The molecule has 36 heavy (non-hydrogen) atoms. The largest absolute Gasteiger partial charge is 0.372 e. The van der Waals surface area contributed by atoms with Gasteiger partial charge < -0.3 is 19.9 Å². The summed E-state index contributed by atoms with van der Waals surface area (Å²) in [5.41, 5.74) is 0.923. The molecule has 3 unspecified atom stereocenters. The van der Waals surface area contributed by atoms with Gasteiger partial charge in [-0.2, -0.15) is 0 Å². The molecule has 0 saturated carbocycles. The van der Waals surface area contributed by atoms with Crippen LogP contribution in [0.25, 0.3) is 10.8 Å². The lowest BCUT2D eigenvalue weighted by Crippen LogP contribution is -2.55. The number of rotatable bonds is 6. The van der Waals surface area contributed by atoms with E-state index in [1.807, 2.05) is 80.0 Å². The van der Waals surface area contributed by atoms with Crippen LogP contribution in [-0.2, 0) is 25.5 Å². The maximum atomic E-state index is 13.4. The van der Waals surface area contributed by atoms with Crippen molar-refractivity contribution in [3.05, 3.63) is 48.0 Å². The Morgan fingerprint density at radius 2 is 1.58 bits per heavy atom. The smallest absolute Gasteiger partial charge is 0.245 e. The monoisotopic (exact) mass is 493 g/mol. The van der Waals surface area contributed by atoms with Crippen molar-refractivity contribution >= 4 is 28.5 Å². The molecule has 2 aromatic rings. The molecule has 2 aliphatic rings. The highest BCUT2D eigenvalue weighted by molar-refractivity contribution is 5.90. The van der Waals surface area contributed by atoms with E-state index in [9.17, 15) is 14.4 Å². The Bertz CT molecular complexity index is 1080. The van der Waals surface area contributed by atoms with Crippen LogP contribution in [0.15, 0.2) is 42.5 Å². The second-order valence-corrected chi connectivity index (χ2v) is 10.7. The van der Waals surface area contributed by atoms with Crippen LogP contribution in [0.3, 0.4) is 0 Å². The Morgan fingerprint density at radius 1 is 0.944 bits per heavy atom. The number of fused-ring (bicyclic) bond motifs is 1. The summed E-state index contributed by atoms with van der Waals surface area (Å²) in [4.78, 5) is 43.1. The highest BCUT2D eigenvalue weighted by Gasteiger charge is 2.36. The summed E-state index contributed by atoms with van der Waals surface area (Å²) in [5, 5.41) is 5.22.